The average Bonchev–Trinajstić information content (AvgIpc) is 2.57. The van der Waals surface area contributed by atoms with Gasteiger partial charge in [0.15, 0.2) is 0 Å². The predicted octanol–water partition coefficient (Wildman–Crippen LogP) is 4.11. The zero-order valence-electron chi connectivity index (χ0n) is 14.8. The van der Waals surface area contributed by atoms with Gasteiger partial charge in [-0.25, -0.2) is 0 Å². The van der Waals surface area contributed by atoms with Crippen LogP contribution in [0.2, 0.25) is 5.02 Å². The van der Waals surface area contributed by atoms with E-state index in [1.54, 1.807) is 12.1 Å². The third kappa shape index (κ3) is 3.80. The van der Waals surface area contributed by atoms with Gasteiger partial charge in [-0.3, -0.25) is 20.4 Å². The van der Waals surface area contributed by atoms with Gasteiger partial charge in [0.1, 0.15) is 0 Å². The molecule has 0 unspecified atom stereocenters. The molecule has 0 atom stereocenters. The van der Waals surface area contributed by atoms with Crippen LogP contribution in [0.4, 0.5) is 0 Å². The van der Waals surface area contributed by atoms with Crippen molar-refractivity contribution in [1.82, 2.24) is 10.9 Å². The van der Waals surface area contributed by atoms with Crippen molar-refractivity contribution < 1.29 is 9.59 Å². The summed E-state index contributed by atoms with van der Waals surface area (Å²) in [5, 5.41) is 0.586. The summed E-state index contributed by atoms with van der Waals surface area (Å²) in [4.78, 5) is 24.3. The number of hydrazine groups is 1. The van der Waals surface area contributed by atoms with Gasteiger partial charge in [0.2, 0.25) is 5.91 Å². The highest BCUT2D eigenvalue weighted by Crippen LogP contribution is 2.61. The second-order valence-electron chi connectivity index (χ2n) is 8.49. The van der Waals surface area contributed by atoms with Crippen molar-refractivity contribution in [3.63, 3.8) is 0 Å². The zero-order valence-corrected chi connectivity index (χ0v) is 15.6. The van der Waals surface area contributed by atoms with Crippen molar-refractivity contribution in [2.24, 2.45) is 23.2 Å². The molecule has 26 heavy (non-hydrogen) atoms. The van der Waals surface area contributed by atoms with E-state index >= 15 is 0 Å². The van der Waals surface area contributed by atoms with Gasteiger partial charge in [-0.15, -0.1) is 0 Å². The minimum Gasteiger partial charge on any atom is -0.273 e. The van der Waals surface area contributed by atoms with E-state index in [-0.39, 0.29) is 17.2 Å². The van der Waals surface area contributed by atoms with Gasteiger partial charge in [-0.1, -0.05) is 29.8 Å². The Labute approximate surface area is 159 Å². The fourth-order valence-electron chi connectivity index (χ4n) is 5.84. The molecule has 4 bridgehead atoms. The second-order valence-corrected chi connectivity index (χ2v) is 8.89. The lowest BCUT2D eigenvalue weighted by Crippen LogP contribution is -2.49. The number of halogens is 1. The van der Waals surface area contributed by atoms with Crippen LogP contribution in [0, 0.1) is 23.2 Å². The Bertz CT molecular complexity index is 708. The first-order chi connectivity index (χ1) is 12.5. The minimum absolute atomic E-state index is 0.0774. The SMILES string of the molecule is O=C(/C=C/c1ccccc1Cl)NNC(=O)CC12CC3CC(CC(C3)C1)C2. The Hall–Kier alpha value is -1.81. The van der Waals surface area contributed by atoms with E-state index in [0.29, 0.717) is 11.4 Å². The molecule has 2 N–H and O–H groups in total. The number of hydrogen-bond donors (Lipinski definition) is 2. The Balaban J connectivity index is 1.28. The van der Waals surface area contributed by atoms with Crippen molar-refractivity contribution in [2.75, 3.05) is 0 Å². The number of carbonyl (C=O) groups excluding carboxylic acids is 2. The maximum absolute atomic E-state index is 12.4. The number of amides is 2. The summed E-state index contributed by atoms with van der Waals surface area (Å²) in [7, 11) is 0. The first-order valence-corrected chi connectivity index (χ1v) is 9.91. The molecule has 4 nitrogen and oxygen atoms in total. The molecular weight excluding hydrogens is 348 g/mol. The number of benzene rings is 1. The van der Waals surface area contributed by atoms with Crippen LogP contribution in [0.25, 0.3) is 6.08 Å². The van der Waals surface area contributed by atoms with Crippen LogP contribution in [-0.4, -0.2) is 11.8 Å². The topological polar surface area (TPSA) is 58.2 Å². The number of nitrogens with one attached hydrogen (secondary N) is 2. The quantitative estimate of drug-likeness (QED) is 0.617. The molecule has 4 fully saturated rings. The van der Waals surface area contributed by atoms with Crippen LogP contribution < -0.4 is 10.9 Å². The highest BCUT2D eigenvalue weighted by molar-refractivity contribution is 6.32. The van der Waals surface area contributed by atoms with E-state index in [1.807, 2.05) is 18.2 Å². The lowest BCUT2D eigenvalue weighted by atomic mass is 9.49. The molecule has 4 saturated carbocycles. The Morgan fingerprint density at radius 3 is 2.27 bits per heavy atom. The zero-order chi connectivity index (χ0) is 18.1. The summed E-state index contributed by atoms with van der Waals surface area (Å²) >= 11 is 6.05. The Morgan fingerprint density at radius 2 is 1.65 bits per heavy atom. The summed E-state index contributed by atoms with van der Waals surface area (Å²) in [6, 6.07) is 7.30. The first kappa shape index (κ1) is 17.6. The Morgan fingerprint density at radius 1 is 1.04 bits per heavy atom. The normalized spacial score (nSPS) is 32.0. The molecule has 4 aliphatic carbocycles. The molecule has 0 spiro atoms. The van der Waals surface area contributed by atoms with Gasteiger partial charge < -0.3 is 0 Å². The van der Waals surface area contributed by atoms with Gasteiger partial charge >= 0.3 is 0 Å². The monoisotopic (exact) mass is 372 g/mol. The summed E-state index contributed by atoms with van der Waals surface area (Å²) in [5.41, 5.74) is 6.02. The molecule has 1 aromatic rings. The van der Waals surface area contributed by atoms with Crippen LogP contribution >= 0.6 is 11.6 Å². The summed E-state index contributed by atoms with van der Waals surface area (Å²) in [6.07, 6.45) is 11.2. The lowest BCUT2D eigenvalue weighted by molar-refractivity contribution is -0.133. The van der Waals surface area contributed by atoms with Crippen LogP contribution in [0.5, 0.6) is 0 Å². The van der Waals surface area contributed by atoms with Gasteiger partial charge in [0, 0.05) is 17.5 Å². The molecule has 5 rings (SSSR count). The highest BCUT2D eigenvalue weighted by atomic mass is 35.5. The van der Waals surface area contributed by atoms with E-state index < -0.39 is 0 Å². The van der Waals surface area contributed by atoms with Crippen molar-refractivity contribution in [3.05, 3.63) is 40.9 Å². The van der Waals surface area contributed by atoms with E-state index in [0.717, 1.165) is 23.3 Å². The van der Waals surface area contributed by atoms with Crippen LogP contribution in [0.3, 0.4) is 0 Å². The van der Waals surface area contributed by atoms with Crippen molar-refractivity contribution >= 4 is 29.5 Å². The van der Waals surface area contributed by atoms with Gasteiger partial charge in [0.05, 0.1) is 0 Å². The van der Waals surface area contributed by atoms with Crippen molar-refractivity contribution in [2.45, 2.75) is 44.9 Å². The van der Waals surface area contributed by atoms with Gasteiger partial charge in [0.25, 0.3) is 5.91 Å². The highest BCUT2D eigenvalue weighted by Gasteiger charge is 2.51. The number of carbonyl (C=O) groups is 2. The molecule has 1 aromatic carbocycles. The van der Waals surface area contributed by atoms with Crippen molar-refractivity contribution in [3.8, 4) is 0 Å². The molecule has 0 radical (unpaired) electrons. The average molecular weight is 373 g/mol. The maximum atomic E-state index is 12.4. The second kappa shape index (κ2) is 7.07. The molecule has 4 aliphatic rings. The summed E-state index contributed by atoms with van der Waals surface area (Å²) in [5.74, 6) is 2.03. The van der Waals surface area contributed by atoms with E-state index in [1.165, 1.54) is 44.6 Å². The van der Waals surface area contributed by atoms with Crippen LogP contribution in [0.15, 0.2) is 30.3 Å². The third-order valence-corrected chi connectivity index (χ3v) is 6.69. The summed E-state index contributed by atoms with van der Waals surface area (Å²) < 4.78 is 0. The fourth-order valence-corrected chi connectivity index (χ4v) is 6.04. The molecule has 0 saturated heterocycles. The lowest BCUT2D eigenvalue weighted by Gasteiger charge is -2.56. The summed E-state index contributed by atoms with van der Waals surface area (Å²) in [6.45, 7) is 0. The van der Waals surface area contributed by atoms with Crippen LogP contribution in [-0.2, 0) is 9.59 Å². The molecule has 0 heterocycles. The van der Waals surface area contributed by atoms with Crippen molar-refractivity contribution in [1.29, 1.82) is 0 Å². The fraction of sp³-hybridized carbons (Fsp3) is 0.524. The number of rotatable bonds is 4. The first-order valence-electron chi connectivity index (χ1n) is 9.53. The van der Waals surface area contributed by atoms with E-state index in [4.69, 9.17) is 11.6 Å². The Kier molecular flexibility index (Phi) is 4.78. The van der Waals surface area contributed by atoms with E-state index in [2.05, 4.69) is 10.9 Å². The minimum atomic E-state index is -0.358. The number of hydrogen-bond acceptors (Lipinski definition) is 2. The van der Waals surface area contributed by atoms with E-state index in [9.17, 15) is 9.59 Å². The van der Waals surface area contributed by atoms with Gasteiger partial charge in [-0.2, -0.15) is 0 Å². The molecule has 2 amide bonds. The molecule has 5 heteroatoms. The molecule has 138 valence electrons. The van der Waals surface area contributed by atoms with Gasteiger partial charge in [-0.05, 0) is 79.4 Å². The molecular formula is C21H25ClN2O2. The predicted molar refractivity (Wildman–Crippen MR) is 102 cm³/mol. The molecule has 0 aromatic heterocycles. The third-order valence-electron chi connectivity index (χ3n) is 6.35. The molecule has 0 aliphatic heterocycles. The smallest absolute Gasteiger partial charge is 0.262 e. The maximum Gasteiger partial charge on any atom is 0.262 e. The largest absolute Gasteiger partial charge is 0.273 e. The van der Waals surface area contributed by atoms with Crippen LogP contribution in [0.1, 0.15) is 50.5 Å². The standard InChI is InChI=1S/C21H25ClN2O2/c22-18-4-2-1-3-17(18)5-6-19(25)23-24-20(26)13-21-10-14-7-15(11-21)9-16(8-14)12-21/h1-6,14-16H,7-13H2,(H,23,25)(H,24,26)/b6-5+.